The van der Waals surface area contributed by atoms with Crippen LogP contribution in [0.4, 0.5) is 0 Å². The van der Waals surface area contributed by atoms with E-state index in [0.29, 0.717) is 0 Å². The van der Waals surface area contributed by atoms with Crippen LogP contribution in [0.1, 0.15) is 58.8 Å². The fourth-order valence-corrected chi connectivity index (χ4v) is 2.94. The summed E-state index contributed by atoms with van der Waals surface area (Å²) in [5.74, 6) is 0.920. The first-order valence-electron chi connectivity index (χ1n) is 7.66. The van der Waals surface area contributed by atoms with Gasteiger partial charge in [-0.2, -0.15) is 0 Å². The Labute approximate surface area is 108 Å². The van der Waals surface area contributed by atoms with Gasteiger partial charge in [0.2, 0.25) is 0 Å². The van der Waals surface area contributed by atoms with Crippen molar-refractivity contribution in [1.82, 2.24) is 10.2 Å². The van der Waals surface area contributed by atoms with Gasteiger partial charge in [0.25, 0.3) is 0 Å². The van der Waals surface area contributed by atoms with Crippen molar-refractivity contribution in [2.24, 2.45) is 5.92 Å². The zero-order valence-electron chi connectivity index (χ0n) is 12.2. The van der Waals surface area contributed by atoms with E-state index in [1.807, 2.05) is 0 Å². The molecule has 0 aromatic rings. The Morgan fingerprint density at radius 1 is 1.18 bits per heavy atom. The van der Waals surface area contributed by atoms with E-state index >= 15 is 0 Å². The number of unbranched alkanes of at least 4 members (excludes halogenated alkanes) is 3. The number of rotatable bonds is 8. The Hall–Kier alpha value is -0.0800. The van der Waals surface area contributed by atoms with Crippen molar-refractivity contribution in [1.29, 1.82) is 0 Å². The molecule has 0 spiro atoms. The van der Waals surface area contributed by atoms with E-state index in [1.165, 1.54) is 64.6 Å². The highest BCUT2D eigenvalue weighted by atomic mass is 15.2. The molecule has 0 aliphatic carbocycles. The van der Waals surface area contributed by atoms with Crippen molar-refractivity contribution in [3.05, 3.63) is 0 Å². The van der Waals surface area contributed by atoms with E-state index in [0.717, 1.165) is 12.0 Å². The Morgan fingerprint density at radius 3 is 2.47 bits per heavy atom. The van der Waals surface area contributed by atoms with Gasteiger partial charge in [-0.15, -0.1) is 0 Å². The Kier molecular flexibility index (Phi) is 7.87. The van der Waals surface area contributed by atoms with Crippen molar-refractivity contribution in [3.63, 3.8) is 0 Å². The summed E-state index contributed by atoms with van der Waals surface area (Å²) in [5.41, 5.74) is 0. The molecule has 17 heavy (non-hydrogen) atoms. The zero-order chi connectivity index (χ0) is 12.5. The topological polar surface area (TPSA) is 15.3 Å². The lowest BCUT2D eigenvalue weighted by atomic mass is 9.95. The molecule has 1 saturated heterocycles. The fraction of sp³-hybridized carbons (Fsp3) is 1.00. The minimum Gasteiger partial charge on any atom is -0.319 e. The summed E-state index contributed by atoms with van der Waals surface area (Å²) in [6.45, 7) is 8.56. The van der Waals surface area contributed by atoms with Gasteiger partial charge < -0.3 is 10.2 Å². The maximum absolute atomic E-state index is 3.31. The summed E-state index contributed by atoms with van der Waals surface area (Å²) in [4.78, 5) is 2.71. The highest BCUT2D eigenvalue weighted by Gasteiger charge is 2.21. The van der Waals surface area contributed by atoms with Crippen LogP contribution in [0.25, 0.3) is 0 Å². The van der Waals surface area contributed by atoms with Crippen molar-refractivity contribution < 1.29 is 0 Å². The van der Waals surface area contributed by atoms with Gasteiger partial charge in [0.1, 0.15) is 0 Å². The van der Waals surface area contributed by atoms with E-state index in [1.54, 1.807) is 0 Å². The second kappa shape index (κ2) is 8.93. The predicted octanol–water partition coefficient (Wildman–Crippen LogP) is 3.28. The molecule has 0 bridgehead atoms. The zero-order valence-corrected chi connectivity index (χ0v) is 12.2. The van der Waals surface area contributed by atoms with E-state index in [-0.39, 0.29) is 0 Å². The van der Waals surface area contributed by atoms with Crippen LogP contribution in [0.3, 0.4) is 0 Å². The van der Waals surface area contributed by atoms with Crippen molar-refractivity contribution in [2.45, 2.75) is 64.8 Å². The molecule has 1 rings (SSSR count). The average Bonchev–Trinajstić information content (AvgIpc) is 2.36. The quantitative estimate of drug-likeness (QED) is 0.655. The monoisotopic (exact) mass is 240 g/mol. The molecule has 2 heteroatoms. The summed E-state index contributed by atoms with van der Waals surface area (Å²) >= 11 is 0. The molecular weight excluding hydrogens is 208 g/mol. The predicted molar refractivity (Wildman–Crippen MR) is 76.4 cm³/mol. The van der Waals surface area contributed by atoms with Gasteiger partial charge in [0.15, 0.2) is 0 Å². The first-order valence-corrected chi connectivity index (χ1v) is 7.66. The highest BCUT2D eigenvalue weighted by Crippen LogP contribution is 2.20. The van der Waals surface area contributed by atoms with Crippen LogP contribution < -0.4 is 5.32 Å². The molecule has 0 amide bonds. The van der Waals surface area contributed by atoms with Crippen molar-refractivity contribution >= 4 is 0 Å². The lowest BCUT2D eigenvalue weighted by molar-refractivity contribution is 0.133. The van der Waals surface area contributed by atoms with E-state index in [9.17, 15) is 0 Å². The molecule has 1 atom stereocenters. The van der Waals surface area contributed by atoms with Gasteiger partial charge in [-0.25, -0.2) is 0 Å². The van der Waals surface area contributed by atoms with Crippen molar-refractivity contribution in [2.75, 3.05) is 26.7 Å². The van der Waals surface area contributed by atoms with E-state index in [4.69, 9.17) is 0 Å². The third-order valence-corrected chi connectivity index (χ3v) is 4.24. The molecule has 2 nitrogen and oxygen atoms in total. The number of hydrogen-bond donors (Lipinski definition) is 1. The molecule has 0 saturated carbocycles. The molecule has 102 valence electrons. The second-order valence-electron chi connectivity index (χ2n) is 5.74. The van der Waals surface area contributed by atoms with Crippen LogP contribution in [0.5, 0.6) is 0 Å². The third-order valence-electron chi connectivity index (χ3n) is 4.24. The Bertz CT molecular complexity index is 174. The van der Waals surface area contributed by atoms with Crippen LogP contribution in [0.15, 0.2) is 0 Å². The number of piperidine rings is 1. The molecular formula is C15H32N2. The summed E-state index contributed by atoms with van der Waals surface area (Å²) in [6.07, 6.45) is 9.79. The summed E-state index contributed by atoms with van der Waals surface area (Å²) in [7, 11) is 2.07. The maximum Gasteiger partial charge on any atom is 0.00669 e. The van der Waals surface area contributed by atoms with E-state index < -0.39 is 0 Å². The average molecular weight is 240 g/mol. The number of hydrogen-bond acceptors (Lipinski definition) is 2. The number of nitrogens with one attached hydrogen (secondary N) is 1. The largest absolute Gasteiger partial charge is 0.319 e. The molecule has 0 aromatic carbocycles. The third kappa shape index (κ3) is 5.87. The van der Waals surface area contributed by atoms with Gasteiger partial charge in [0.05, 0.1) is 0 Å². The molecule has 1 unspecified atom stereocenters. The molecule has 1 fully saturated rings. The molecule has 1 N–H and O–H groups in total. The summed E-state index contributed by atoms with van der Waals surface area (Å²) in [5, 5.41) is 3.31. The van der Waals surface area contributed by atoms with Crippen LogP contribution in [0, 0.1) is 5.92 Å². The van der Waals surface area contributed by atoms with E-state index in [2.05, 4.69) is 31.1 Å². The fourth-order valence-electron chi connectivity index (χ4n) is 2.94. The van der Waals surface area contributed by atoms with Gasteiger partial charge in [-0.3, -0.25) is 0 Å². The summed E-state index contributed by atoms with van der Waals surface area (Å²) < 4.78 is 0. The van der Waals surface area contributed by atoms with Crippen LogP contribution in [-0.2, 0) is 0 Å². The normalized spacial score (nSPS) is 20.6. The van der Waals surface area contributed by atoms with Crippen LogP contribution >= 0.6 is 0 Å². The van der Waals surface area contributed by atoms with Gasteiger partial charge >= 0.3 is 0 Å². The maximum atomic E-state index is 3.31. The molecule has 1 aliphatic heterocycles. The molecule has 1 aliphatic rings. The lowest BCUT2D eigenvalue weighted by Gasteiger charge is -2.36. The van der Waals surface area contributed by atoms with Crippen LogP contribution in [-0.4, -0.2) is 37.6 Å². The number of nitrogens with zero attached hydrogens (tertiary/aromatic N) is 1. The van der Waals surface area contributed by atoms with Gasteiger partial charge in [-0.05, 0) is 58.8 Å². The standard InChI is InChI=1S/C15H32N2/c1-4-5-6-7-8-14(2)17-11-9-15(10-12-17)13-16-3/h14-16H,4-13H2,1-3H3. The molecule has 0 radical (unpaired) electrons. The summed E-state index contributed by atoms with van der Waals surface area (Å²) in [6, 6.07) is 0.808. The first kappa shape index (κ1) is 15.0. The minimum absolute atomic E-state index is 0.808. The lowest BCUT2D eigenvalue weighted by Crippen LogP contribution is -2.41. The highest BCUT2D eigenvalue weighted by molar-refractivity contribution is 4.77. The SMILES string of the molecule is CCCCCCC(C)N1CCC(CNC)CC1. The molecule has 1 heterocycles. The number of likely N-dealkylation sites (tertiary alicyclic amines) is 1. The second-order valence-corrected chi connectivity index (χ2v) is 5.74. The van der Waals surface area contributed by atoms with Gasteiger partial charge in [0, 0.05) is 6.04 Å². The first-order chi connectivity index (χ1) is 8.27. The Balaban J connectivity index is 2.10. The molecule has 0 aromatic heterocycles. The smallest absolute Gasteiger partial charge is 0.00669 e. The van der Waals surface area contributed by atoms with Crippen LogP contribution in [0.2, 0.25) is 0 Å². The Morgan fingerprint density at radius 2 is 1.88 bits per heavy atom. The minimum atomic E-state index is 0.808. The van der Waals surface area contributed by atoms with Gasteiger partial charge in [-0.1, -0.05) is 32.6 Å². The van der Waals surface area contributed by atoms with Crippen molar-refractivity contribution in [3.8, 4) is 0 Å².